The zero-order chi connectivity index (χ0) is 41.4. The standard InChI is InChI=1S/C59H37N3O/c1-3-18-38(19-4-1)55-56-57(60-50-29-12-7-28-49(50)59(56)63-58(55)39-20-5-2-6-21-39)41-23-17-22-40(34-41)42-35-43(61-51-30-13-8-24-45(51)46-25-9-14-31-52(46)61)37-44(36-42)62-53-32-15-10-26-47(53)48-27-11-16-33-54(48)62/h1-37H. The van der Waals surface area contributed by atoms with Gasteiger partial charge in [0.05, 0.1) is 38.7 Å². The Morgan fingerprint density at radius 2 is 0.778 bits per heavy atom. The highest BCUT2D eigenvalue weighted by atomic mass is 16.3. The zero-order valence-electron chi connectivity index (χ0n) is 34.1. The molecule has 0 saturated carbocycles. The second-order valence-electron chi connectivity index (χ2n) is 16.3. The molecule has 0 N–H and O–H groups in total. The molecule has 4 heteroatoms. The van der Waals surface area contributed by atoms with Crippen molar-refractivity contribution in [3.63, 3.8) is 0 Å². The number of aromatic nitrogens is 3. The summed E-state index contributed by atoms with van der Waals surface area (Å²) in [6.45, 7) is 0. The largest absolute Gasteiger partial charge is 0.455 e. The Morgan fingerprint density at radius 3 is 1.33 bits per heavy atom. The predicted molar refractivity (Wildman–Crippen MR) is 262 cm³/mol. The summed E-state index contributed by atoms with van der Waals surface area (Å²) >= 11 is 0. The van der Waals surface area contributed by atoms with Crippen LogP contribution < -0.4 is 0 Å². The average molecular weight is 804 g/mol. The van der Waals surface area contributed by atoms with Crippen molar-refractivity contribution in [2.45, 2.75) is 0 Å². The van der Waals surface area contributed by atoms with Gasteiger partial charge in [-0.1, -0.05) is 164 Å². The van der Waals surface area contributed by atoms with Crippen molar-refractivity contribution in [1.29, 1.82) is 0 Å². The van der Waals surface area contributed by atoms with E-state index in [4.69, 9.17) is 9.40 Å². The van der Waals surface area contributed by atoms with E-state index < -0.39 is 0 Å². The lowest BCUT2D eigenvalue weighted by Gasteiger charge is -2.16. The van der Waals surface area contributed by atoms with E-state index in [1.807, 2.05) is 6.07 Å². The fourth-order valence-electron chi connectivity index (χ4n) is 9.94. The van der Waals surface area contributed by atoms with Crippen LogP contribution in [0.4, 0.5) is 0 Å². The highest BCUT2D eigenvalue weighted by Gasteiger charge is 2.25. The summed E-state index contributed by atoms with van der Waals surface area (Å²) in [7, 11) is 0. The van der Waals surface area contributed by atoms with E-state index in [-0.39, 0.29) is 0 Å². The van der Waals surface area contributed by atoms with Crippen molar-refractivity contribution in [3.05, 3.63) is 224 Å². The molecule has 0 fully saturated rings. The Bertz CT molecular complexity index is 3670. The molecular formula is C59H37N3O. The van der Waals surface area contributed by atoms with Gasteiger partial charge in [-0.05, 0) is 77.4 Å². The fraction of sp³-hybridized carbons (Fsp3) is 0. The molecule has 0 bridgehead atoms. The molecule has 294 valence electrons. The number of para-hydroxylation sites is 5. The maximum Gasteiger partial charge on any atom is 0.147 e. The third-order valence-corrected chi connectivity index (χ3v) is 12.7. The third-order valence-electron chi connectivity index (χ3n) is 12.7. The summed E-state index contributed by atoms with van der Waals surface area (Å²) in [5.74, 6) is 0.835. The maximum atomic E-state index is 7.04. The fourth-order valence-corrected chi connectivity index (χ4v) is 9.94. The summed E-state index contributed by atoms with van der Waals surface area (Å²) in [5, 5.41) is 6.91. The van der Waals surface area contributed by atoms with E-state index in [0.29, 0.717) is 0 Å². The third kappa shape index (κ3) is 5.52. The molecule has 0 radical (unpaired) electrons. The molecule has 9 aromatic carbocycles. The monoisotopic (exact) mass is 803 g/mol. The van der Waals surface area contributed by atoms with Crippen LogP contribution in [-0.4, -0.2) is 14.1 Å². The van der Waals surface area contributed by atoms with Gasteiger partial charge in [-0.2, -0.15) is 0 Å². The minimum Gasteiger partial charge on any atom is -0.455 e. The van der Waals surface area contributed by atoms with Crippen molar-refractivity contribution in [2.75, 3.05) is 0 Å². The van der Waals surface area contributed by atoms with Gasteiger partial charge < -0.3 is 13.6 Å². The molecule has 4 aromatic heterocycles. The Morgan fingerprint density at radius 1 is 0.333 bits per heavy atom. The van der Waals surface area contributed by atoms with Crippen LogP contribution in [0, 0.1) is 0 Å². The molecule has 0 saturated heterocycles. The quantitative estimate of drug-likeness (QED) is 0.168. The van der Waals surface area contributed by atoms with Gasteiger partial charge in [0.1, 0.15) is 11.3 Å². The van der Waals surface area contributed by atoms with E-state index in [9.17, 15) is 0 Å². The number of nitrogens with zero attached hydrogens (tertiary/aromatic N) is 3. The Labute approximate surface area is 363 Å². The average Bonchev–Trinajstić information content (AvgIpc) is 4.03. The van der Waals surface area contributed by atoms with Gasteiger partial charge in [0, 0.05) is 55.0 Å². The van der Waals surface area contributed by atoms with E-state index in [2.05, 4.69) is 228 Å². The summed E-state index contributed by atoms with van der Waals surface area (Å²) in [5.41, 5.74) is 15.8. The number of fused-ring (bicyclic) bond motifs is 9. The van der Waals surface area contributed by atoms with E-state index >= 15 is 0 Å². The number of benzene rings is 9. The molecule has 4 heterocycles. The van der Waals surface area contributed by atoms with Crippen LogP contribution in [0.5, 0.6) is 0 Å². The SMILES string of the molecule is c1ccc(-c2oc3c(c(-c4cccc(-c5cc(-n6c7ccccc7c7ccccc76)cc(-n6c7ccccc7c7ccccc76)c5)c4)nc4ccccc43)c2-c2ccccc2)cc1. The predicted octanol–water partition coefficient (Wildman–Crippen LogP) is 15.8. The normalized spacial score (nSPS) is 11.8. The Kier molecular flexibility index (Phi) is 7.87. The first-order valence-electron chi connectivity index (χ1n) is 21.5. The first kappa shape index (κ1) is 35.3. The van der Waals surface area contributed by atoms with E-state index in [1.165, 1.54) is 43.6 Å². The molecule has 0 atom stereocenters. The second-order valence-corrected chi connectivity index (χ2v) is 16.3. The van der Waals surface area contributed by atoms with Crippen molar-refractivity contribution in [3.8, 4) is 56.2 Å². The smallest absolute Gasteiger partial charge is 0.147 e. The lowest BCUT2D eigenvalue weighted by molar-refractivity contribution is 0.636. The highest BCUT2D eigenvalue weighted by Crippen LogP contribution is 2.47. The van der Waals surface area contributed by atoms with Gasteiger partial charge in [0.25, 0.3) is 0 Å². The lowest BCUT2D eigenvalue weighted by Crippen LogP contribution is -2.00. The van der Waals surface area contributed by atoms with E-state index in [0.717, 1.165) is 78.1 Å². The van der Waals surface area contributed by atoms with E-state index in [1.54, 1.807) is 0 Å². The molecule has 0 aliphatic heterocycles. The first-order chi connectivity index (χ1) is 31.3. The minimum absolute atomic E-state index is 0.834. The molecule has 63 heavy (non-hydrogen) atoms. The summed E-state index contributed by atoms with van der Waals surface area (Å²) < 4.78 is 11.9. The second kappa shape index (κ2) is 14.1. The Hall–Kier alpha value is -8.47. The lowest BCUT2D eigenvalue weighted by atomic mass is 9.93. The van der Waals surface area contributed by atoms with Gasteiger partial charge >= 0.3 is 0 Å². The molecule has 13 rings (SSSR count). The maximum absolute atomic E-state index is 7.04. The molecule has 0 amide bonds. The zero-order valence-corrected chi connectivity index (χ0v) is 34.1. The number of pyridine rings is 1. The summed E-state index contributed by atoms with van der Waals surface area (Å²) in [4.78, 5) is 5.49. The Balaban J connectivity index is 1.10. The summed E-state index contributed by atoms with van der Waals surface area (Å²) in [6.07, 6.45) is 0. The molecule has 0 aliphatic carbocycles. The molecule has 0 spiro atoms. The summed E-state index contributed by atoms with van der Waals surface area (Å²) in [6, 6.07) is 80.2. The van der Waals surface area contributed by atoms with Gasteiger partial charge in [-0.15, -0.1) is 0 Å². The number of hydrogen-bond acceptors (Lipinski definition) is 2. The molecule has 13 aromatic rings. The first-order valence-corrected chi connectivity index (χ1v) is 21.5. The van der Waals surface area contributed by atoms with Crippen LogP contribution in [0.15, 0.2) is 229 Å². The van der Waals surface area contributed by atoms with Crippen molar-refractivity contribution in [2.24, 2.45) is 0 Å². The van der Waals surface area contributed by atoms with Gasteiger partial charge in [-0.3, -0.25) is 0 Å². The number of rotatable bonds is 6. The van der Waals surface area contributed by atoms with Crippen LogP contribution >= 0.6 is 0 Å². The number of furan rings is 1. The van der Waals surface area contributed by atoms with Gasteiger partial charge in [0.2, 0.25) is 0 Å². The van der Waals surface area contributed by atoms with Crippen LogP contribution in [0.2, 0.25) is 0 Å². The van der Waals surface area contributed by atoms with Crippen LogP contribution in [0.25, 0.3) is 122 Å². The minimum atomic E-state index is 0.834. The highest BCUT2D eigenvalue weighted by molar-refractivity contribution is 6.17. The topological polar surface area (TPSA) is 35.9 Å². The van der Waals surface area contributed by atoms with Crippen LogP contribution in [0.3, 0.4) is 0 Å². The van der Waals surface area contributed by atoms with Crippen LogP contribution in [-0.2, 0) is 0 Å². The molecule has 0 aliphatic rings. The van der Waals surface area contributed by atoms with Crippen molar-refractivity contribution in [1.82, 2.24) is 14.1 Å². The molecule has 4 nitrogen and oxygen atoms in total. The number of hydrogen-bond donors (Lipinski definition) is 0. The van der Waals surface area contributed by atoms with Crippen molar-refractivity contribution >= 4 is 65.5 Å². The van der Waals surface area contributed by atoms with Gasteiger partial charge in [0.15, 0.2) is 0 Å². The molecular weight excluding hydrogens is 767 g/mol. The molecule has 0 unspecified atom stereocenters. The van der Waals surface area contributed by atoms with Crippen molar-refractivity contribution < 1.29 is 4.42 Å². The van der Waals surface area contributed by atoms with Crippen LogP contribution in [0.1, 0.15) is 0 Å². The van der Waals surface area contributed by atoms with Gasteiger partial charge in [-0.25, -0.2) is 4.98 Å².